The highest BCUT2D eigenvalue weighted by atomic mass is 16.4. The molecular weight excluding hydrogens is 338 g/mol. The van der Waals surface area contributed by atoms with Gasteiger partial charge in [0, 0.05) is 6.42 Å². The number of carboxylic acids is 1. The molecule has 0 heterocycles. The summed E-state index contributed by atoms with van der Waals surface area (Å²) in [6.45, 7) is 1.14. The number of rotatable bonds is 11. The van der Waals surface area contributed by atoms with E-state index in [4.69, 9.17) is 22.3 Å². The Hall–Kier alpha value is -2.73. The van der Waals surface area contributed by atoms with Crippen LogP contribution < -0.4 is 27.8 Å². The topological polar surface area (TPSA) is 228 Å². The molecule has 0 saturated carbocycles. The molecule has 25 heavy (non-hydrogen) atoms. The molecule has 4 atom stereocenters. The molecule has 10 N–H and O–H groups in total. The van der Waals surface area contributed by atoms with Crippen LogP contribution in [0.2, 0.25) is 0 Å². The monoisotopic (exact) mass is 361 g/mol. The minimum Gasteiger partial charge on any atom is -0.480 e. The van der Waals surface area contributed by atoms with Crippen molar-refractivity contribution < 1.29 is 34.2 Å². The number of carbonyl (C=O) groups is 5. The maximum absolute atomic E-state index is 12.1. The Balaban J connectivity index is 5.01. The van der Waals surface area contributed by atoms with Gasteiger partial charge in [0.05, 0.1) is 18.6 Å². The lowest BCUT2D eigenvalue weighted by molar-refractivity contribution is -0.145. The first kappa shape index (κ1) is 22.3. The largest absolute Gasteiger partial charge is 0.480 e. The van der Waals surface area contributed by atoms with E-state index in [1.807, 2.05) is 5.32 Å². The van der Waals surface area contributed by atoms with Crippen molar-refractivity contribution >= 4 is 29.6 Å². The molecule has 0 spiro atoms. The Bertz CT molecular complexity index is 537. The van der Waals surface area contributed by atoms with Crippen molar-refractivity contribution in [1.29, 1.82) is 0 Å². The molecule has 142 valence electrons. The van der Waals surface area contributed by atoms with Gasteiger partial charge in [0.15, 0.2) is 6.04 Å². The van der Waals surface area contributed by atoms with Crippen LogP contribution in [0.25, 0.3) is 0 Å². The number of aliphatic hydroxyl groups excluding tert-OH is 1. The standard InChI is InChI=1S/C13H23N5O7/c1-5(19)10(13(24)25)18-12(23)7(4-9(16)21)17-11(22)6(14)2-3-8(15)20/h5-7,10,19H,2-4,14H2,1H3,(H2,15,20)(H2,16,21)(H,17,22)(H,18,23)(H,24,25). The maximum Gasteiger partial charge on any atom is 0.328 e. The fraction of sp³-hybridized carbons (Fsp3) is 0.615. The number of carboxylic acid groups (broad SMARTS) is 1. The second kappa shape index (κ2) is 10.2. The van der Waals surface area contributed by atoms with Gasteiger partial charge < -0.3 is 38.0 Å². The van der Waals surface area contributed by atoms with Gasteiger partial charge in [0.1, 0.15) is 6.04 Å². The maximum atomic E-state index is 12.1. The van der Waals surface area contributed by atoms with Gasteiger partial charge in [0.25, 0.3) is 0 Å². The fourth-order valence-corrected chi connectivity index (χ4v) is 1.76. The molecule has 0 aliphatic heterocycles. The van der Waals surface area contributed by atoms with Crippen LogP contribution in [-0.4, -0.2) is 64.0 Å². The fourth-order valence-electron chi connectivity index (χ4n) is 1.76. The van der Waals surface area contributed by atoms with Crippen molar-refractivity contribution in [2.24, 2.45) is 17.2 Å². The van der Waals surface area contributed by atoms with E-state index < -0.39 is 60.2 Å². The predicted octanol–water partition coefficient (Wildman–Crippen LogP) is -4.11. The van der Waals surface area contributed by atoms with Gasteiger partial charge in [-0.15, -0.1) is 0 Å². The molecule has 0 aliphatic rings. The quantitative estimate of drug-likeness (QED) is 0.191. The van der Waals surface area contributed by atoms with Crippen molar-refractivity contribution in [2.75, 3.05) is 0 Å². The minimum atomic E-state index is -1.65. The van der Waals surface area contributed by atoms with Gasteiger partial charge in [-0.3, -0.25) is 19.2 Å². The molecule has 12 nitrogen and oxygen atoms in total. The highest BCUT2D eigenvalue weighted by Gasteiger charge is 2.31. The second-order valence-electron chi connectivity index (χ2n) is 5.41. The number of primary amides is 2. The van der Waals surface area contributed by atoms with Crippen LogP contribution in [0.4, 0.5) is 0 Å². The van der Waals surface area contributed by atoms with Crippen LogP contribution in [0.3, 0.4) is 0 Å². The van der Waals surface area contributed by atoms with Gasteiger partial charge >= 0.3 is 5.97 Å². The molecule has 0 aromatic carbocycles. The minimum absolute atomic E-state index is 0.0858. The number of hydrogen-bond acceptors (Lipinski definition) is 7. The van der Waals surface area contributed by atoms with E-state index in [2.05, 4.69) is 5.32 Å². The highest BCUT2D eigenvalue weighted by molar-refractivity contribution is 5.94. The van der Waals surface area contributed by atoms with Gasteiger partial charge in [-0.2, -0.15) is 0 Å². The summed E-state index contributed by atoms with van der Waals surface area (Å²) in [5, 5.41) is 22.4. The molecule has 0 aromatic rings. The Morgan fingerprint density at radius 1 is 1.00 bits per heavy atom. The van der Waals surface area contributed by atoms with Crippen molar-refractivity contribution in [3.8, 4) is 0 Å². The molecule has 12 heteroatoms. The summed E-state index contributed by atoms with van der Waals surface area (Å²) in [5.74, 6) is -5.01. The molecule has 0 aliphatic carbocycles. The molecule has 0 saturated heterocycles. The number of aliphatic carboxylic acids is 1. The molecule has 0 aromatic heterocycles. The van der Waals surface area contributed by atoms with Gasteiger partial charge in [-0.25, -0.2) is 4.79 Å². The zero-order valence-electron chi connectivity index (χ0n) is 13.6. The van der Waals surface area contributed by atoms with Crippen LogP contribution >= 0.6 is 0 Å². The molecule has 0 bridgehead atoms. The Kier molecular flexibility index (Phi) is 9.09. The summed E-state index contributed by atoms with van der Waals surface area (Å²) in [4.78, 5) is 56.8. The van der Waals surface area contributed by atoms with Crippen LogP contribution in [-0.2, 0) is 24.0 Å². The lowest BCUT2D eigenvalue weighted by Gasteiger charge is -2.23. The van der Waals surface area contributed by atoms with Gasteiger partial charge in [-0.05, 0) is 13.3 Å². The lowest BCUT2D eigenvalue weighted by atomic mass is 10.1. The Morgan fingerprint density at radius 2 is 1.56 bits per heavy atom. The summed E-state index contributed by atoms with van der Waals surface area (Å²) in [7, 11) is 0. The Morgan fingerprint density at radius 3 is 1.96 bits per heavy atom. The van der Waals surface area contributed by atoms with Gasteiger partial charge in [-0.1, -0.05) is 0 Å². The van der Waals surface area contributed by atoms with E-state index >= 15 is 0 Å². The zero-order chi connectivity index (χ0) is 19.7. The van der Waals surface area contributed by atoms with E-state index in [-0.39, 0.29) is 12.8 Å². The average Bonchev–Trinajstić information content (AvgIpc) is 2.47. The first-order valence-electron chi connectivity index (χ1n) is 7.29. The van der Waals surface area contributed by atoms with E-state index in [1.165, 1.54) is 0 Å². The van der Waals surface area contributed by atoms with Crippen molar-refractivity contribution in [2.45, 2.75) is 50.4 Å². The number of aliphatic hydroxyl groups is 1. The molecular formula is C13H23N5O7. The average molecular weight is 361 g/mol. The normalized spacial score (nSPS) is 15.3. The number of nitrogens with two attached hydrogens (primary N) is 3. The lowest BCUT2D eigenvalue weighted by Crippen LogP contribution is -2.57. The first-order chi connectivity index (χ1) is 11.5. The number of carbonyl (C=O) groups excluding carboxylic acids is 4. The summed E-state index contributed by atoms with van der Waals surface area (Å²) < 4.78 is 0. The second-order valence-corrected chi connectivity index (χ2v) is 5.41. The third kappa shape index (κ3) is 8.62. The van der Waals surface area contributed by atoms with Crippen molar-refractivity contribution in [1.82, 2.24) is 10.6 Å². The summed E-state index contributed by atoms with van der Waals surface area (Å²) in [6.07, 6.45) is -2.29. The molecule has 4 amide bonds. The molecule has 4 unspecified atom stereocenters. The summed E-state index contributed by atoms with van der Waals surface area (Å²) >= 11 is 0. The van der Waals surface area contributed by atoms with Crippen LogP contribution in [0.15, 0.2) is 0 Å². The number of amides is 4. The van der Waals surface area contributed by atoms with Crippen molar-refractivity contribution in [3.05, 3.63) is 0 Å². The third-order valence-corrected chi connectivity index (χ3v) is 3.12. The van der Waals surface area contributed by atoms with Gasteiger partial charge in [0.2, 0.25) is 23.6 Å². The number of hydrogen-bond donors (Lipinski definition) is 7. The molecule has 0 radical (unpaired) electrons. The first-order valence-corrected chi connectivity index (χ1v) is 7.29. The van der Waals surface area contributed by atoms with Crippen molar-refractivity contribution in [3.63, 3.8) is 0 Å². The SMILES string of the molecule is CC(O)C(NC(=O)C(CC(N)=O)NC(=O)C(N)CCC(N)=O)C(=O)O. The molecule has 0 rings (SSSR count). The predicted molar refractivity (Wildman–Crippen MR) is 83.4 cm³/mol. The smallest absolute Gasteiger partial charge is 0.328 e. The van der Waals surface area contributed by atoms with E-state index in [0.717, 1.165) is 6.92 Å². The zero-order valence-corrected chi connectivity index (χ0v) is 13.6. The van der Waals surface area contributed by atoms with E-state index in [0.29, 0.717) is 0 Å². The summed E-state index contributed by atoms with van der Waals surface area (Å²) in [5.41, 5.74) is 15.5. The molecule has 0 fully saturated rings. The summed E-state index contributed by atoms with van der Waals surface area (Å²) in [6, 6.07) is -4.32. The Labute approximate surface area is 143 Å². The number of nitrogens with one attached hydrogen (secondary N) is 2. The van der Waals surface area contributed by atoms with E-state index in [9.17, 15) is 29.1 Å². The van der Waals surface area contributed by atoms with Crippen LogP contribution in [0, 0.1) is 0 Å². The third-order valence-electron chi connectivity index (χ3n) is 3.12. The van der Waals surface area contributed by atoms with Crippen LogP contribution in [0.1, 0.15) is 26.2 Å². The van der Waals surface area contributed by atoms with E-state index in [1.54, 1.807) is 0 Å². The van der Waals surface area contributed by atoms with Crippen LogP contribution in [0.5, 0.6) is 0 Å². The highest BCUT2D eigenvalue weighted by Crippen LogP contribution is 2.00.